The third kappa shape index (κ3) is 6.05. The molecule has 5 heteroatoms. The van der Waals surface area contributed by atoms with Crippen molar-refractivity contribution in [2.45, 2.75) is 26.3 Å². The van der Waals surface area contributed by atoms with E-state index in [9.17, 15) is 4.79 Å². The molecule has 0 aliphatic carbocycles. The molecule has 5 nitrogen and oxygen atoms in total. The smallest absolute Gasteiger partial charge is 0.224 e. The summed E-state index contributed by atoms with van der Waals surface area (Å²) in [5.74, 6) is 0.158. The van der Waals surface area contributed by atoms with Gasteiger partial charge in [-0.2, -0.15) is 0 Å². The summed E-state index contributed by atoms with van der Waals surface area (Å²) in [5.41, 5.74) is 5.61. The highest BCUT2D eigenvalue weighted by molar-refractivity contribution is 5.76. The number of carbonyl (C=O) groups is 1. The first-order valence-electron chi connectivity index (χ1n) is 5.89. The van der Waals surface area contributed by atoms with Gasteiger partial charge in [0.15, 0.2) is 0 Å². The lowest BCUT2D eigenvalue weighted by Crippen LogP contribution is -2.43. The molecule has 0 aromatic carbocycles. The minimum Gasteiger partial charge on any atom is -0.383 e. The highest BCUT2D eigenvalue weighted by Crippen LogP contribution is 1.98. The summed E-state index contributed by atoms with van der Waals surface area (Å²) in [6.45, 7) is 7.31. The predicted octanol–water partition coefficient (Wildman–Crippen LogP) is -0.192. The fourth-order valence-electron chi connectivity index (χ4n) is 1.52. The maximum Gasteiger partial charge on any atom is 0.224 e. The molecule has 0 aliphatic rings. The number of ether oxygens (including phenoxy) is 1. The fourth-order valence-corrected chi connectivity index (χ4v) is 1.52. The summed E-state index contributed by atoms with van der Waals surface area (Å²) in [5, 5.41) is 3.21. The molecule has 0 bridgehead atoms. The number of amides is 1. The van der Waals surface area contributed by atoms with Crippen LogP contribution in [0.3, 0.4) is 0 Å². The van der Waals surface area contributed by atoms with E-state index in [1.54, 1.807) is 7.11 Å². The number of methoxy groups -OCH3 is 1. The average molecular weight is 231 g/mol. The van der Waals surface area contributed by atoms with Crippen LogP contribution in [0, 0.1) is 0 Å². The third-order valence-corrected chi connectivity index (χ3v) is 2.56. The molecule has 0 fully saturated rings. The number of hydrogen-bond donors (Lipinski definition) is 2. The minimum absolute atomic E-state index is 0.0447. The molecule has 0 aliphatic heterocycles. The first kappa shape index (κ1) is 15.3. The first-order chi connectivity index (χ1) is 7.69. The van der Waals surface area contributed by atoms with Gasteiger partial charge < -0.3 is 20.7 Å². The number of rotatable bonds is 9. The van der Waals surface area contributed by atoms with Crippen LogP contribution in [0.2, 0.25) is 0 Å². The lowest BCUT2D eigenvalue weighted by molar-refractivity contribution is -0.131. The van der Waals surface area contributed by atoms with Crippen LogP contribution in [0.25, 0.3) is 0 Å². The van der Waals surface area contributed by atoms with Crippen molar-refractivity contribution in [3.63, 3.8) is 0 Å². The van der Waals surface area contributed by atoms with Crippen molar-refractivity contribution in [1.82, 2.24) is 10.2 Å². The van der Waals surface area contributed by atoms with Gasteiger partial charge in [-0.3, -0.25) is 4.79 Å². The molecule has 0 spiro atoms. The molecule has 0 rings (SSSR count). The zero-order valence-electron chi connectivity index (χ0n) is 10.7. The molecule has 3 N–H and O–H groups in total. The van der Waals surface area contributed by atoms with E-state index >= 15 is 0 Å². The molecule has 0 radical (unpaired) electrons. The van der Waals surface area contributed by atoms with Crippen molar-refractivity contribution in [2.24, 2.45) is 5.73 Å². The van der Waals surface area contributed by atoms with E-state index < -0.39 is 0 Å². The molecule has 0 aromatic rings. The molecule has 0 saturated heterocycles. The first-order valence-corrected chi connectivity index (χ1v) is 5.89. The molecule has 16 heavy (non-hydrogen) atoms. The molecule has 1 atom stereocenters. The van der Waals surface area contributed by atoms with Crippen molar-refractivity contribution in [1.29, 1.82) is 0 Å². The second kappa shape index (κ2) is 9.57. The van der Waals surface area contributed by atoms with Gasteiger partial charge >= 0.3 is 0 Å². The molecule has 1 unspecified atom stereocenters. The lowest BCUT2D eigenvalue weighted by Gasteiger charge is -2.22. The van der Waals surface area contributed by atoms with Crippen molar-refractivity contribution < 1.29 is 9.53 Å². The van der Waals surface area contributed by atoms with Gasteiger partial charge in [0.25, 0.3) is 0 Å². The summed E-state index contributed by atoms with van der Waals surface area (Å²) < 4.78 is 4.93. The molecule has 0 heterocycles. The number of hydrogen-bond acceptors (Lipinski definition) is 4. The van der Waals surface area contributed by atoms with E-state index in [1.165, 1.54) is 0 Å². The Kier molecular flexibility index (Phi) is 9.18. The quantitative estimate of drug-likeness (QED) is 0.540. The Hall–Kier alpha value is -0.650. The zero-order chi connectivity index (χ0) is 12.4. The van der Waals surface area contributed by atoms with Crippen molar-refractivity contribution in [3.8, 4) is 0 Å². The fraction of sp³-hybridized carbons (Fsp3) is 0.909. The second-order valence-electron chi connectivity index (χ2n) is 3.65. The van der Waals surface area contributed by atoms with Crippen LogP contribution in [0.4, 0.5) is 0 Å². The molecule has 0 aromatic heterocycles. The van der Waals surface area contributed by atoms with Gasteiger partial charge in [0.2, 0.25) is 5.91 Å². The topological polar surface area (TPSA) is 67.6 Å². The largest absolute Gasteiger partial charge is 0.383 e. The van der Waals surface area contributed by atoms with Gasteiger partial charge in [-0.05, 0) is 13.8 Å². The van der Waals surface area contributed by atoms with Crippen molar-refractivity contribution >= 4 is 5.91 Å². The van der Waals surface area contributed by atoms with Gasteiger partial charge in [-0.1, -0.05) is 0 Å². The molecule has 0 saturated carbocycles. The van der Waals surface area contributed by atoms with Gasteiger partial charge in [-0.25, -0.2) is 0 Å². The zero-order valence-corrected chi connectivity index (χ0v) is 10.7. The molecule has 96 valence electrons. The van der Waals surface area contributed by atoms with Gasteiger partial charge in [-0.15, -0.1) is 0 Å². The maximum absolute atomic E-state index is 11.8. The van der Waals surface area contributed by atoms with Crippen LogP contribution in [0.5, 0.6) is 0 Å². The summed E-state index contributed by atoms with van der Waals surface area (Å²) >= 11 is 0. The predicted molar refractivity (Wildman–Crippen MR) is 65.3 cm³/mol. The van der Waals surface area contributed by atoms with E-state index in [4.69, 9.17) is 10.5 Å². The van der Waals surface area contributed by atoms with E-state index in [1.807, 2.05) is 18.7 Å². The Morgan fingerprint density at radius 1 is 1.44 bits per heavy atom. The molecule has 1 amide bonds. The number of nitrogens with two attached hydrogens (primary N) is 1. The molecular weight excluding hydrogens is 206 g/mol. The average Bonchev–Trinajstić information content (AvgIpc) is 2.29. The van der Waals surface area contributed by atoms with Crippen LogP contribution in [-0.4, -0.2) is 56.7 Å². The second-order valence-corrected chi connectivity index (χ2v) is 3.65. The monoisotopic (exact) mass is 231 g/mol. The van der Waals surface area contributed by atoms with Crippen molar-refractivity contribution in [2.75, 3.05) is 39.9 Å². The van der Waals surface area contributed by atoms with Gasteiger partial charge in [0, 0.05) is 45.8 Å². The standard InChI is InChI=1S/C11H25N3O2/c1-4-14(5-2)11(15)8-10(9-12)13-6-7-16-3/h10,13H,4-9,12H2,1-3H3. The normalized spacial score (nSPS) is 12.5. The number of nitrogens with zero attached hydrogens (tertiary/aromatic N) is 1. The Morgan fingerprint density at radius 2 is 2.06 bits per heavy atom. The molecular formula is C11H25N3O2. The number of carbonyl (C=O) groups excluding carboxylic acids is 1. The van der Waals surface area contributed by atoms with Crippen LogP contribution in [0.1, 0.15) is 20.3 Å². The van der Waals surface area contributed by atoms with Crippen molar-refractivity contribution in [3.05, 3.63) is 0 Å². The Bertz CT molecular complexity index is 184. The Labute approximate surface area is 98.3 Å². The highest BCUT2D eigenvalue weighted by atomic mass is 16.5. The van der Waals surface area contributed by atoms with E-state index in [-0.39, 0.29) is 11.9 Å². The summed E-state index contributed by atoms with van der Waals surface area (Å²) in [4.78, 5) is 13.6. The van der Waals surface area contributed by atoms with E-state index in [0.29, 0.717) is 19.6 Å². The van der Waals surface area contributed by atoms with Crippen LogP contribution in [-0.2, 0) is 9.53 Å². The Morgan fingerprint density at radius 3 is 2.50 bits per heavy atom. The van der Waals surface area contributed by atoms with Crippen LogP contribution >= 0.6 is 0 Å². The van der Waals surface area contributed by atoms with Gasteiger partial charge in [0.05, 0.1) is 6.61 Å². The van der Waals surface area contributed by atoms with Crippen LogP contribution in [0.15, 0.2) is 0 Å². The SMILES string of the molecule is CCN(CC)C(=O)CC(CN)NCCOC. The summed E-state index contributed by atoms with van der Waals surface area (Å²) in [7, 11) is 1.65. The minimum atomic E-state index is 0.0447. The Balaban J connectivity index is 3.95. The van der Waals surface area contributed by atoms with E-state index in [2.05, 4.69) is 5.32 Å². The third-order valence-electron chi connectivity index (χ3n) is 2.56. The summed E-state index contributed by atoms with van der Waals surface area (Å²) in [6.07, 6.45) is 0.460. The lowest BCUT2D eigenvalue weighted by atomic mass is 10.2. The van der Waals surface area contributed by atoms with Gasteiger partial charge in [0.1, 0.15) is 0 Å². The number of nitrogens with one attached hydrogen (secondary N) is 1. The van der Waals surface area contributed by atoms with E-state index in [0.717, 1.165) is 19.6 Å². The summed E-state index contributed by atoms with van der Waals surface area (Å²) in [6, 6.07) is 0.0447. The van der Waals surface area contributed by atoms with Crippen LogP contribution < -0.4 is 11.1 Å². The maximum atomic E-state index is 11.8. The highest BCUT2D eigenvalue weighted by Gasteiger charge is 2.15.